The van der Waals surface area contributed by atoms with Crippen LogP contribution in [-0.4, -0.2) is 37.1 Å². The first-order valence-electron chi connectivity index (χ1n) is 9.97. The van der Waals surface area contributed by atoms with Crippen LogP contribution < -0.4 is 19.1 Å². The Morgan fingerprint density at radius 1 is 1.09 bits per heavy atom. The lowest BCUT2D eigenvalue weighted by Crippen LogP contribution is -2.31. The smallest absolute Gasteiger partial charge is 0.294 e. The molecule has 0 radical (unpaired) electrons. The van der Waals surface area contributed by atoms with Gasteiger partial charge in [0.2, 0.25) is 5.78 Å². The van der Waals surface area contributed by atoms with Crippen LogP contribution in [0.5, 0.6) is 17.2 Å². The Labute approximate surface area is 188 Å². The van der Waals surface area contributed by atoms with Crippen molar-refractivity contribution >= 4 is 28.7 Å². The summed E-state index contributed by atoms with van der Waals surface area (Å²) < 4.78 is 16.6. The van der Waals surface area contributed by atoms with Crippen LogP contribution in [0.4, 0.5) is 5.69 Å². The maximum Gasteiger partial charge on any atom is 0.294 e. The van der Waals surface area contributed by atoms with Crippen molar-refractivity contribution in [3.63, 3.8) is 0 Å². The predicted octanol–water partition coefficient (Wildman–Crippen LogP) is 4.31. The summed E-state index contributed by atoms with van der Waals surface area (Å²) in [6.45, 7) is 0.846. The van der Waals surface area contributed by atoms with E-state index in [1.165, 1.54) is 16.2 Å². The second-order valence-electron chi connectivity index (χ2n) is 7.25. The van der Waals surface area contributed by atoms with E-state index in [1.54, 1.807) is 67.1 Å². The Morgan fingerprint density at radius 3 is 2.66 bits per heavy atom. The first kappa shape index (κ1) is 20.1. The average molecular weight is 449 g/mol. The molecule has 1 atom stereocenters. The van der Waals surface area contributed by atoms with Gasteiger partial charge in [-0.25, -0.2) is 0 Å². The molecule has 3 heterocycles. The van der Waals surface area contributed by atoms with Crippen molar-refractivity contribution in [2.24, 2.45) is 0 Å². The fraction of sp³-hybridized carbons (Fsp3) is 0.167. The van der Waals surface area contributed by atoms with Gasteiger partial charge in [0.15, 0.2) is 17.3 Å². The molecular weight excluding hydrogens is 430 g/mol. The van der Waals surface area contributed by atoms with Crippen LogP contribution in [0, 0.1) is 0 Å². The number of ketones is 1. The molecule has 0 bridgehead atoms. The monoisotopic (exact) mass is 449 g/mol. The van der Waals surface area contributed by atoms with Gasteiger partial charge in [-0.05, 0) is 41.3 Å². The molecule has 1 N–H and O–H groups in total. The van der Waals surface area contributed by atoms with Crippen molar-refractivity contribution in [2.45, 2.75) is 6.04 Å². The number of hydrogen-bond acceptors (Lipinski definition) is 7. The second-order valence-corrected chi connectivity index (χ2v) is 8.20. The lowest BCUT2D eigenvalue weighted by atomic mass is 9.95. The largest absolute Gasteiger partial charge is 0.503 e. The van der Waals surface area contributed by atoms with E-state index < -0.39 is 23.5 Å². The van der Waals surface area contributed by atoms with E-state index in [9.17, 15) is 14.7 Å². The molecule has 2 aliphatic rings. The molecule has 1 unspecified atom stereocenters. The van der Waals surface area contributed by atoms with Gasteiger partial charge in [-0.15, -0.1) is 11.3 Å². The highest BCUT2D eigenvalue weighted by molar-refractivity contribution is 7.12. The van der Waals surface area contributed by atoms with E-state index in [0.29, 0.717) is 46.6 Å². The number of aliphatic hydroxyl groups excluding tert-OH is 1. The van der Waals surface area contributed by atoms with E-state index in [1.807, 2.05) is 0 Å². The summed E-state index contributed by atoms with van der Waals surface area (Å²) in [5.41, 5.74) is 1.14. The van der Waals surface area contributed by atoms with Crippen LogP contribution in [0.15, 0.2) is 71.3 Å². The molecule has 3 aromatic rings. The van der Waals surface area contributed by atoms with E-state index in [0.717, 1.165) is 0 Å². The number of hydrogen-bond donors (Lipinski definition) is 1. The Kier molecular flexibility index (Phi) is 5.07. The molecule has 2 aromatic carbocycles. The van der Waals surface area contributed by atoms with Gasteiger partial charge in [-0.2, -0.15) is 0 Å². The topological polar surface area (TPSA) is 85.3 Å². The molecular formula is C24H19NO6S. The third kappa shape index (κ3) is 3.29. The highest BCUT2D eigenvalue weighted by atomic mass is 32.1. The fourth-order valence-electron chi connectivity index (χ4n) is 3.95. The molecule has 0 spiro atoms. The molecule has 32 heavy (non-hydrogen) atoms. The van der Waals surface area contributed by atoms with Crippen molar-refractivity contribution in [3.05, 3.63) is 81.8 Å². The lowest BCUT2D eigenvalue weighted by Gasteiger charge is -2.28. The number of Topliss-reactive ketones (excluding diaryl/α,β-unsaturated/α-hetero) is 1. The minimum atomic E-state index is -0.838. The van der Waals surface area contributed by atoms with Gasteiger partial charge in [0, 0.05) is 11.8 Å². The van der Waals surface area contributed by atoms with Crippen LogP contribution in [0.1, 0.15) is 21.3 Å². The average Bonchev–Trinajstić information content (AvgIpc) is 3.46. The van der Waals surface area contributed by atoms with Crippen molar-refractivity contribution in [1.82, 2.24) is 0 Å². The fourth-order valence-corrected chi connectivity index (χ4v) is 4.63. The van der Waals surface area contributed by atoms with E-state index in [4.69, 9.17) is 14.2 Å². The Balaban J connectivity index is 1.66. The number of benzene rings is 2. The van der Waals surface area contributed by atoms with Crippen molar-refractivity contribution in [2.75, 3.05) is 25.2 Å². The summed E-state index contributed by atoms with van der Waals surface area (Å²) in [7, 11) is 1.54. The molecule has 0 fully saturated rings. The molecule has 0 saturated carbocycles. The molecule has 0 aliphatic carbocycles. The molecule has 1 amide bonds. The number of ether oxygens (including phenoxy) is 3. The number of rotatable bonds is 5. The van der Waals surface area contributed by atoms with E-state index >= 15 is 0 Å². The number of aliphatic hydroxyl groups is 1. The lowest BCUT2D eigenvalue weighted by molar-refractivity contribution is -0.117. The maximum absolute atomic E-state index is 13.3. The van der Waals surface area contributed by atoms with E-state index in [2.05, 4.69) is 0 Å². The number of fused-ring (bicyclic) bond motifs is 1. The van der Waals surface area contributed by atoms with Crippen LogP contribution in [0.2, 0.25) is 0 Å². The second kappa shape index (κ2) is 8.05. The van der Waals surface area contributed by atoms with Crippen molar-refractivity contribution in [3.8, 4) is 17.2 Å². The summed E-state index contributed by atoms with van der Waals surface area (Å²) in [6, 6.07) is 14.8. The standard InChI is InChI=1S/C24H19NO6S/c1-29-16-5-2-4-14(12-16)21-20(22(26)19-6-3-11-32-19)23(27)24(28)25(21)15-7-8-17-18(13-15)31-10-9-30-17/h2-8,11-13,21,27H,9-10H2,1H3. The molecule has 8 heteroatoms. The number of amides is 1. The highest BCUT2D eigenvalue weighted by Gasteiger charge is 2.45. The quantitative estimate of drug-likeness (QED) is 0.585. The van der Waals surface area contributed by atoms with Gasteiger partial charge in [0.25, 0.3) is 5.91 Å². The minimum Gasteiger partial charge on any atom is -0.503 e. The van der Waals surface area contributed by atoms with Gasteiger partial charge < -0.3 is 19.3 Å². The molecule has 2 aliphatic heterocycles. The molecule has 1 aromatic heterocycles. The van der Waals surface area contributed by atoms with Crippen molar-refractivity contribution in [1.29, 1.82) is 0 Å². The van der Waals surface area contributed by atoms with Crippen LogP contribution in [-0.2, 0) is 4.79 Å². The zero-order chi connectivity index (χ0) is 22.2. The number of thiophene rings is 1. The van der Waals surface area contributed by atoms with E-state index in [-0.39, 0.29) is 5.57 Å². The van der Waals surface area contributed by atoms with Gasteiger partial charge in [-0.1, -0.05) is 18.2 Å². The molecule has 0 saturated heterocycles. The third-order valence-corrected chi connectivity index (χ3v) is 6.28. The molecule has 7 nitrogen and oxygen atoms in total. The molecule has 162 valence electrons. The van der Waals surface area contributed by atoms with Gasteiger partial charge in [0.05, 0.1) is 23.6 Å². The number of methoxy groups -OCH3 is 1. The highest BCUT2D eigenvalue weighted by Crippen LogP contribution is 2.45. The normalized spacial score (nSPS) is 17.6. The summed E-state index contributed by atoms with van der Waals surface area (Å²) in [5.74, 6) is 0.0470. The van der Waals surface area contributed by atoms with Gasteiger partial charge in [0.1, 0.15) is 19.0 Å². The van der Waals surface area contributed by atoms with Crippen LogP contribution >= 0.6 is 11.3 Å². The number of carbonyl (C=O) groups is 2. The summed E-state index contributed by atoms with van der Waals surface area (Å²) in [6.07, 6.45) is 0. The number of nitrogens with zero attached hydrogens (tertiary/aromatic N) is 1. The third-order valence-electron chi connectivity index (χ3n) is 5.41. The number of carbonyl (C=O) groups excluding carboxylic acids is 2. The minimum absolute atomic E-state index is 0.0283. The Morgan fingerprint density at radius 2 is 1.91 bits per heavy atom. The molecule has 5 rings (SSSR count). The first-order valence-corrected chi connectivity index (χ1v) is 10.8. The first-order chi connectivity index (χ1) is 15.6. The van der Waals surface area contributed by atoms with Gasteiger partial charge >= 0.3 is 0 Å². The Bertz CT molecular complexity index is 1230. The van der Waals surface area contributed by atoms with Crippen LogP contribution in [0.3, 0.4) is 0 Å². The zero-order valence-corrected chi connectivity index (χ0v) is 17.9. The van der Waals surface area contributed by atoms with Gasteiger partial charge in [-0.3, -0.25) is 14.5 Å². The predicted molar refractivity (Wildman–Crippen MR) is 119 cm³/mol. The van der Waals surface area contributed by atoms with Crippen LogP contribution in [0.25, 0.3) is 0 Å². The maximum atomic E-state index is 13.3. The SMILES string of the molecule is COc1cccc(C2C(C(=O)c3cccs3)=C(O)C(=O)N2c2ccc3c(c2)OCCO3)c1. The summed E-state index contributed by atoms with van der Waals surface area (Å²) >= 11 is 1.26. The Hall–Kier alpha value is -3.78. The number of anilines is 1. The summed E-state index contributed by atoms with van der Waals surface area (Å²) in [4.78, 5) is 28.5. The van der Waals surface area contributed by atoms with Crippen molar-refractivity contribution < 1.29 is 28.9 Å². The summed E-state index contributed by atoms with van der Waals surface area (Å²) in [5, 5.41) is 12.6. The zero-order valence-electron chi connectivity index (χ0n) is 17.1.